The molecule has 1 aromatic heterocycles. The van der Waals surface area contributed by atoms with Crippen LogP contribution in [0.1, 0.15) is 28.1 Å². The molecule has 1 heterocycles. The van der Waals surface area contributed by atoms with Crippen LogP contribution in [0.2, 0.25) is 0 Å². The molecule has 0 saturated carbocycles. The van der Waals surface area contributed by atoms with Gasteiger partial charge in [-0.3, -0.25) is 9.40 Å². The third-order valence-electron chi connectivity index (χ3n) is 3.62. The van der Waals surface area contributed by atoms with E-state index >= 15 is 0 Å². The minimum absolute atomic E-state index is 0.343. The molecule has 1 N–H and O–H groups in total. The lowest BCUT2D eigenvalue weighted by molar-refractivity contribution is 0.600. The van der Waals surface area contributed by atoms with Crippen molar-refractivity contribution in [2.45, 2.75) is 39.5 Å². The fourth-order valence-corrected chi connectivity index (χ4v) is 4.33. The van der Waals surface area contributed by atoms with Gasteiger partial charge in [0.25, 0.3) is 10.0 Å². The van der Waals surface area contributed by atoms with Crippen LogP contribution in [0, 0.1) is 34.6 Å². The first kappa shape index (κ1) is 15.6. The summed E-state index contributed by atoms with van der Waals surface area (Å²) >= 11 is 0. The summed E-state index contributed by atoms with van der Waals surface area (Å²) in [5.41, 5.74) is 4.56. The summed E-state index contributed by atoms with van der Waals surface area (Å²) < 4.78 is 29.8. The third kappa shape index (κ3) is 2.81. The topological polar surface area (TPSA) is 64.0 Å². The number of nitrogens with one attached hydrogen (secondary N) is 1. The lowest BCUT2D eigenvalue weighted by Crippen LogP contribution is -2.17. The maximum atomic E-state index is 12.7. The molecule has 0 saturated heterocycles. The van der Waals surface area contributed by atoms with Crippen LogP contribution in [0.25, 0.3) is 0 Å². The number of benzene rings is 1. The SMILES string of the molecule is Cc1cc(C)c(S(=O)(=O)Nc2c(C)nn(C)c2C)c(C)c1. The molecule has 0 aliphatic rings. The van der Waals surface area contributed by atoms with Gasteiger partial charge in [-0.25, -0.2) is 8.42 Å². The van der Waals surface area contributed by atoms with E-state index in [2.05, 4.69) is 9.82 Å². The van der Waals surface area contributed by atoms with Gasteiger partial charge in [0.15, 0.2) is 0 Å². The Morgan fingerprint density at radius 2 is 1.57 bits per heavy atom. The van der Waals surface area contributed by atoms with Crippen LogP contribution < -0.4 is 4.72 Å². The van der Waals surface area contributed by atoms with E-state index in [-0.39, 0.29) is 0 Å². The molecule has 21 heavy (non-hydrogen) atoms. The maximum absolute atomic E-state index is 12.7. The first-order valence-electron chi connectivity index (χ1n) is 6.74. The number of nitrogens with zero attached hydrogens (tertiary/aromatic N) is 2. The summed E-state index contributed by atoms with van der Waals surface area (Å²) in [4.78, 5) is 0.343. The molecule has 0 spiro atoms. The Hall–Kier alpha value is -1.82. The van der Waals surface area contributed by atoms with E-state index in [4.69, 9.17) is 0 Å². The second-order valence-corrected chi connectivity index (χ2v) is 7.12. The molecule has 0 aliphatic heterocycles. The second-order valence-electron chi connectivity index (χ2n) is 5.50. The zero-order chi connectivity index (χ0) is 15.9. The first-order chi connectivity index (χ1) is 9.63. The van der Waals surface area contributed by atoms with E-state index in [0.29, 0.717) is 16.3 Å². The summed E-state index contributed by atoms with van der Waals surface area (Å²) in [5, 5.41) is 4.24. The third-order valence-corrected chi connectivity index (χ3v) is 5.27. The van der Waals surface area contributed by atoms with Gasteiger partial charge in [0.1, 0.15) is 0 Å². The number of aryl methyl sites for hydroxylation is 5. The van der Waals surface area contributed by atoms with E-state index in [1.54, 1.807) is 18.7 Å². The van der Waals surface area contributed by atoms with Gasteiger partial charge in [-0.15, -0.1) is 0 Å². The van der Waals surface area contributed by atoms with E-state index in [1.165, 1.54) is 0 Å². The fourth-order valence-electron chi connectivity index (χ4n) is 2.70. The fraction of sp³-hybridized carbons (Fsp3) is 0.400. The van der Waals surface area contributed by atoms with Gasteiger partial charge in [0.05, 0.1) is 22.0 Å². The summed E-state index contributed by atoms with van der Waals surface area (Å²) in [6, 6.07) is 3.76. The molecule has 1 aromatic carbocycles. The van der Waals surface area contributed by atoms with Crippen LogP contribution in [0.3, 0.4) is 0 Å². The van der Waals surface area contributed by atoms with Gasteiger partial charge in [0.2, 0.25) is 0 Å². The van der Waals surface area contributed by atoms with Crippen molar-refractivity contribution in [1.82, 2.24) is 9.78 Å². The van der Waals surface area contributed by atoms with Crippen molar-refractivity contribution >= 4 is 15.7 Å². The van der Waals surface area contributed by atoms with Crippen LogP contribution in [0.15, 0.2) is 17.0 Å². The quantitative estimate of drug-likeness (QED) is 0.948. The monoisotopic (exact) mass is 307 g/mol. The molecule has 2 aromatic rings. The predicted molar refractivity (Wildman–Crippen MR) is 84.1 cm³/mol. The van der Waals surface area contributed by atoms with E-state index in [0.717, 1.165) is 22.4 Å². The van der Waals surface area contributed by atoms with Crippen LogP contribution in [0.5, 0.6) is 0 Å². The highest BCUT2D eigenvalue weighted by molar-refractivity contribution is 7.92. The van der Waals surface area contributed by atoms with Gasteiger partial charge < -0.3 is 0 Å². The molecular weight excluding hydrogens is 286 g/mol. The summed E-state index contributed by atoms with van der Waals surface area (Å²) in [6.07, 6.45) is 0. The van der Waals surface area contributed by atoms with Crippen molar-refractivity contribution in [2.24, 2.45) is 7.05 Å². The molecule has 0 aliphatic carbocycles. The van der Waals surface area contributed by atoms with Crippen LogP contribution in [0.4, 0.5) is 5.69 Å². The Labute approximate surface area is 126 Å². The normalized spacial score (nSPS) is 11.7. The smallest absolute Gasteiger partial charge is 0.262 e. The van der Waals surface area contributed by atoms with Crippen molar-refractivity contribution in [2.75, 3.05) is 4.72 Å². The molecule has 0 radical (unpaired) electrons. The molecule has 6 heteroatoms. The van der Waals surface area contributed by atoms with Gasteiger partial charge >= 0.3 is 0 Å². The standard InChI is InChI=1S/C15H21N3O2S/c1-9-7-10(2)15(11(3)8-9)21(19,20)17-14-12(4)16-18(6)13(14)5/h7-8,17H,1-6H3. The van der Waals surface area contributed by atoms with Crippen LogP contribution in [-0.4, -0.2) is 18.2 Å². The number of sulfonamides is 1. The molecule has 0 amide bonds. The zero-order valence-corrected chi connectivity index (χ0v) is 14.1. The lowest BCUT2D eigenvalue weighted by atomic mass is 10.1. The molecule has 0 fully saturated rings. The second kappa shape index (κ2) is 5.18. The molecule has 114 valence electrons. The first-order valence-corrected chi connectivity index (χ1v) is 8.22. The highest BCUT2D eigenvalue weighted by atomic mass is 32.2. The summed E-state index contributed by atoms with van der Waals surface area (Å²) in [5.74, 6) is 0. The van der Waals surface area contributed by atoms with E-state index in [1.807, 2.05) is 39.8 Å². The minimum atomic E-state index is -3.63. The van der Waals surface area contributed by atoms with Crippen molar-refractivity contribution in [3.05, 3.63) is 40.2 Å². The number of anilines is 1. The number of hydrogen-bond donors (Lipinski definition) is 1. The molecule has 0 atom stereocenters. The molecule has 0 unspecified atom stereocenters. The molecule has 5 nitrogen and oxygen atoms in total. The van der Waals surface area contributed by atoms with Gasteiger partial charge in [-0.05, 0) is 45.7 Å². The Morgan fingerprint density at radius 1 is 1.05 bits per heavy atom. The average molecular weight is 307 g/mol. The maximum Gasteiger partial charge on any atom is 0.262 e. The largest absolute Gasteiger partial charge is 0.276 e. The number of hydrogen-bond acceptors (Lipinski definition) is 3. The van der Waals surface area contributed by atoms with E-state index < -0.39 is 10.0 Å². The van der Waals surface area contributed by atoms with Gasteiger partial charge in [0, 0.05) is 7.05 Å². The van der Waals surface area contributed by atoms with Crippen molar-refractivity contribution < 1.29 is 8.42 Å². The summed E-state index contributed by atoms with van der Waals surface area (Å²) in [7, 11) is -1.83. The Morgan fingerprint density at radius 3 is 2.00 bits per heavy atom. The summed E-state index contributed by atoms with van der Waals surface area (Å²) in [6.45, 7) is 9.22. The van der Waals surface area contributed by atoms with Crippen molar-refractivity contribution in [3.63, 3.8) is 0 Å². The highest BCUT2D eigenvalue weighted by Crippen LogP contribution is 2.27. The molecular formula is C15H21N3O2S. The van der Waals surface area contributed by atoms with Gasteiger partial charge in [-0.1, -0.05) is 17.7 Å². The zero-order valence-electron chi connectivity index (χ0n) is 13.3. The predicted octanol–water partition coefficient (Wildman–Crippen LogP) is 2.76. The average Bonchev–Trinajstić information content (AvgIpc) is 2.53. The van der Waals surface area contributed by atoms with Crippen molar-refractivity contribution in [3.8, 4) is 0 Å². The molecule has 2 rings (SSSR count). The lowest BCUT2D eigenvalue weighted by Gasteiger charge is -2.14. The van der Waals surface area contributed by atoms with Gasteiger partial charge in [-0.2, -0.15) is 5.10 Å². The minimum Gasteiger partial charge on any atom is -0.276 e. The Kier molecular flexibility index (Phi) is 3.84. The van der Waals surface area contributed by atoms with Crippen molar-refractivity contribution in [1.29, 1.82) is 0 Å². The Bertz CT molecular complexity index is 782. The number of rotatable bonds is 3. The molecule has 0 bridgehead atoms. The number of aromatic nitrogens is 2. The van der Waals surface area contributed by atoms with Crippen LogP contribution in [-0.2, 0) is 17.1 Å². The Balaban J connectivity index is 2.54. The highest BCUT2D eigenvalue weighted by Gasteiger charge is 2.23. The van der Waals surface area contributed by atoms with E-state index in [9.17, 15) is 8.42 Å². The van der Waals surface area contributed by atoms with Crippen LogP contribution >= 0.6 is 0 Å².